The molecule has 0 aliphatic carbocycles. The van der Waals surface area contributed by atoms with Crippen molar-refractivity contribution in [3.05, 3.63) is 109 Å². The van der Waals surface area contributed by atoms with Crippen LogP contribution in [0.25, 0.3) is 0 Å². The maximum Gasteiger partial charge on any atom is 0.336 e. The molecule has 0 saturated carbocycles. The molecule has 2 saturated heterocycles. The van der Waals surface area contributed by atoms with Crippen molar-refractivity contribution in [2.45, 2.75) is 82.3 Å². The van der Waals surface area contributed by atoms with Crippen molar-refractivity contribution in [1.82, 2.24) is 0 Å². The molecule has 0 bridgehead atoms. The van der Waals surface area contributed by atoms with Gasteiger partial charge in [-0.1, -0.05) is 118 Å². The molecule has 0 spiro atoms. The van der Waals surface area contributed by atoms with Crippen molar-refractivity contribution < 1.29 is 38.0 Å². The Morgan fingerprint density at radius 2 is 1.44 bits per heavy atom. The van der Waals surface area contributed by atoms with Gasteiger partial charge in [0.1, 0.15) is 23.9 Å². The van der Waals surface area contributed by atoms with E-state index in [4.69, 9.17) is 28.1 Å². The van der Waals surface area contributed by atoms with Gasteiger partial charge in [0.05, 0.1) is 25.9 Å². The van der Waals surface area contributed by atoms with Crippen LogP contribution in [0, 0.1) is 0 Å². The predicted molar refractivity (Wildman–Crippen MR) is 173 cm³/mol. The van der Waals surface area contributed by atoms with E-state index in [0.29, 0.717) is 0 Å². The van der Waals surface area contributed by atoms with Gasteiger partial charge >= 0.3 is 5.97 Å². The summed E-state index contributed by atoms with van der Waals surface area (Å²) in [4.78, 5) is 13.1. The van der Waals surface area contributed by atoms with Gasteiger partial charge in [-0.15, -0.1) is 0 Å². The summed E-state index contributed by atoms with van der Waals surface area (Å²) in [6.07, 6.45) is -3.52. The first kappa shape index (κ1) is 33.2. The minimum Gasteiger partial charge on any atom is -0.466 e. The van der Waals surface area contributed by atoms with E-state index in [9.17, 15) is 9.90 Å². The number of fused-ring (bicyclic) bond motifs is 1. The second-order valence-electron chi connectivity index (χ2n) is 13.1. The molecule has 0 amide bonds. The third kappa shape index (κ3) is 6.44. The molecular weight excluding hydrogens is 588 g/mol. The lowest BCUT2D eigenvalue weighted by Crippen LogP contribution is -2.69. The van der Waals surface area contributed by atoms with Crippen molar-refractivity contribution in [2.24, 2.45) is 0 Å². The molecule has 45 heavy (non-hydrogen) atoms. The molecule has 0 aromatic heterocycles. The number of ether oxygens (including phenoxy) is 5. The van der Waals surface area contributed by atoms with Crippen LogP contribution in [0.3, 0.4) is 0 Å². The fourth-order valence-corrected chi connectivity index (χ4v) is 11.0. The average molecular weight is 633 g/mol. The Balaban J connectivity index is 1.58. The topological polar surface area (TPSA) is 92.7 Å². The molecule has 240 valence electrons. The Labute approximate surface area is 267 Å². The van der Waals surface area contributed by atoms with E-state index >= 15 is 0 Å². The van der Waals surface area contributed by atoms with Gasteiger partial charge in [0, 0.05) is 0 Å². The lowest BCUT2D eigenvalue weighted by molar-refractivity contribution is -0.243. The number of rotatable bonds is 11. The fourth-order valence-electron chi connectivity index (χ4n) is 6.43. The molecule has 8 nitrogen and oxygen atoms in total. The number of carbonyl (C=O) groups is 1. The Kier molecular flexibility index (Phi) is 9.54. The van der Waals surface area contributed by atoms with Crippen LogP contribution in [0.15, 0.2) is 103 Å². The summed E-state index contributed by atoms with van der Waals surface area (Å²) in [5.74, 6) is -1.72. The van der Waals surface area contributed by atoms with E-state index in [2.05, 4.69) is 51.6 Å². The number of benzene rings is 3. The molecule has 3 aromatic carbocycles. The smallest absolute Gasteiger partial charge is 0.336 e. The first-order valence-corrected chi connectivity index (χ1v) is 17.1. The molecule has 0 radical (unpaired) electrons. The normalized spacial score (nSPS) is 24.1. The van der Waals surface area contributed by atoms with E-state index in [1.54, 1.807) is 13.8 Å². The molecule has 2 fully saturated rings. The van der Waals surface area contributed by atoms with Crippen molar-refractivity contribution in [2.75, 3.05) is 13.7 Å². The highest BCUT2D eigenvalue weighted by Crippen LogP contribution is 2.45. The van der Waals surface area contributed by atoms with E-state index in [0.717, 1.165) is 15.9 Å². The highest BCUT2D eigenvalue weighted by Gasteiger charge is 2.63. The lowest BCUT2D eigenvalue weighted by atomic mass is 9.86. The van der Waals surface area contributed by atoms with Gasteiger partial charge in [-0.2, -0.15) is 0 Å². The van der Waals surface area contributed by atoms with Crippen LogP contribution in [-0.4, -0.2) is 69.1 Å². The van der Waals surface area contributed by atoms with Crippen LogP contribution in [0.2, 0.25) is 5.04 Å². The van der Waals surface area contributed by atoms with Gasteiger partial charge in [-0.25, -0.2) is 4.79 Å². The Morgan fingerprint density at radius 1 is 0.911 bits per heavy atom. The summed E-state index contributed by atoms with van der Waals surface area (Å²) in [5, 5.41) is 14.4. The van der Waals surface area contributed by atoms with Crippen LogP contribution >= 0.6 is 0 Å². The van der Waals surface area contributed by atoms with Crippen LogP contribution in [0.1, 0.15) is 40.2 Å². The van der Waals surface area contributed by atoms with E-state index in [1.807, 2.05) is 66.7 Å². The molecule has 2 aliphatic rings. The van der Waals surface area contributed by atoms with Crippen LogP contribution < -0.4 is 10.4 Å². The second-order valence-corrected chi connectivity index (χ2v) is 17.4. The third-order valence-electron chi connectivity index (χ3n) is 8.63. The van der Waals surface area contributed by atoms with Gasteiger partial charge in [0.15, 0.2) is 12.1 Å². The standard InChI is InChI=1S/C36H44O8Si/c1-25(32(37)39-7)36(38,24-41-45(34(2,3)4,27-19-13-9-14-20-27)28-21-15-10-16-22-28)31-29(40-23-26-17-11-8-12-18-26)30-33(42-31)44-35(5,6)43-30/h8-22,29-31,33,38H,1,23-24H2,2-7H3/t29-,30-,31+,33-,36+/m1/s1. The van der Waals surface area contributed by atoms with Crippen molar-refractivity contribution in [3.8, 4) is 0 Å². The SMILES string of the molecule is C=C(C(=O)OC)[C@@](O)(CO[Si](c1ccccc1)(c1ccccc1)C(C)(C)C)[C@H]1O[C@@H]2OC(C)(C)O[C@@H]2[C@H]1OCc1ccccc1. The molecule has 1 N–H and O–H groups in total. The summed E-state index contributed by atoms with van der Waals surface area (Å²) >= 11 is 0. The monoisotopic (exact) mass is 632 g/mol. The summed E-state index contributed by atoms with van der Waals surface area (Å²) < 4.78 is 37.4. The van der Waals surface area contributed by atoms with Crippen LogP contribution in [-0.2, 0) is 39.5 Å². The van der Waals surface area contributed by atoms with Crippen molar-refractivity contribution >= 4 is 24.7 Å². The van der Waals surface area contributed by atoms with Gasteiger partial charge in [0.2, 0.25) is 0 Å². The highest BCUT2D eigenvalue weighted by molar-refractivity contribution is 6.99. The molecule has 0 unspecified atom stereocenters. The predicted octanol–water partition coefficient (Wildman–Crippen LogP) is 4.49. The molecule has 2 aliphatic heterocycles. The van der Waals surface area contributed by atoms with Gasteiger partial charge in [-0.05, 0) is 34.8 Å². The zero-order valence-electron chi connectivity index (χ0n) is 26.9. The number of esters is 1. The van der Waals surface area contributed by atoms with Gasteiger partial charge < -0.3 is 33.2 Å². The Morgan fingerprint density at radius 3 is 1.96 bits per heavy atom. The Hall–Kier alpha value is -3.15. The number of hydrogen-bond donors (Lipinski definition) is 1. The molecule has 3 aromatic rings. The molecule has 9 heteroatoms. The second kappa shape index (κ2) is 12.9. The zero-order valence-corrected chi connectivity index (χ0v) is 27.9. The maximum atomic E-state index is 13.1. The molecule has 5 rings (SSSR count). The summed E-state index contributed by atoms with van der Waals surface area (Å²) in [7, 11) is -1.91. The molecule has 5 atom stereocenters. The highest BCUT2D eigenvalue weighted by atomic mass is 28.4. The Bertz CT molecular complexity index is 1420. The number of hydrogen-bond acceptors (Lipinski definition) is 8. The quantitative estimate of drug-likeness (QED) is 0.188. The maximum absolute atomic E-state index is 13.1. The third-order valence-corrected chi connectivity index (χ3v) is 13.6. The van der Waals surface area contributed by atoms with Crippen LogP contribution in [0.5, 0.6) is 0 Å². The van der Waals surface area contributed by atoms with E-state index in [-0.39, 0.29) is 18.8 Å². The van der Waals surface area contributed by atoms with E-state index < -0.39 is 55.3 Å². The van der Waals surface area contributed by atoms with Gasteiger partial charge in [0.25, 0.3) is 8.32 Å². The molecular formula is C36H44O8Si. The summed E-state index contributed by atoms with van der Waals surface area (Å²) in [6, 6.07) is 29.8. The number of aliphatic hydroxyl groups is 1. The number of methoxy groups -OCH3 is 1. The fraction of sp³-hybridized carbons (Fsp3) is 0.417. The van der Waals surface area contributed by atoms with E-state index in [1.165, 1.54) is 7.11 Å². The minimum absolute atomic E-state index is 0.208. The minimum atomic E-state index is -3.16. The first-order valence-electron chi connectivity index (χ1n) is 15.2. The van der Waals surface area contributed by atoms with Crippen LogP contribution in [0.4, 0.5) is 0 Å². The van der Waals surface area contributed by atoms with Gasteiger partial charge in [-0.3, -0.25) is 0 Å². The number of carbonyl (C=O) groups excluding carboxylic acids is 1. The van der Waals surface area contributed by atoms with Crippen molar-refractivity contribution in [3.63, 3.8) is 0 Å². The average Bonchev–Trinajstić information content (AvgIpc) is 3.52. The largest absolute Gasteiger partial charge is 0.466 e. The summed E-state index contributed by atoms with van der Waals surface area (Å²) in [5.41, 5.74) is -1.36. The zero-order chi connectivity index (χ0) is 32.5. The first-order chi connectivity index (χ1) is 21.3. The summed E-state index contributed by atoms with van der Waals surface area (Å²) in [6.45, 7) is 13.9. The lowest BCUT2D eigenvalue weighted by Gasteiger charge is -2.46. The van der Waals surface area contributed by atoms with Crippen molar-refractivity contribution in [1.29, 1.82) is 0 Å². The molecule has 2 heterocycles.